The summed E-state index contributed by atoms with van der Waals surface area (Å²) in [7, 11) is 3.09. The first-order valence-corrected chi connectivity index (χ1v) is 7.51. The van der Waals surface area contributed by atoms with Crippen molar-refractivity contribution in [1.82, 2.24) is 0 Å². The molecule has 0 bridgehead atoms. The maximum Gasteiger partial charge on any atom is 0.267 e. The molecule has 0 aliphatic rings. The van der Waals surface area contributed by atoms with E-state index in [0.29, 0.717) is 17.2 Å². The zero-order valence-electron chi connectivity index (χ0n) is 14.2. The van der Waals surface area contributed by atoms with Crippen LogP contribution in [0, 0.1) is 5.82 Å². The number of oxime groups is 1. The van der Waals surface area contributed by atoms with Crippen molar-refractivity contribution >= 4 is 17.8 Å². The molecule has 1 atom stereocenters. The molecule has 0 heterocycles. The van der Waals surface area contributed by atoms with Gasteiger partial charge in [-0.2, -0.15) is 0 Å². The molecule has 2 aromatic carbocycles. The van der Waals surface area contributed by atoms with E-state index < -0.39 is 12.0 Å². The third-order valence-corrected chi connectivity index (χ3v) is 3.31. The molecule has 25 heavy (non-hydrogen) atoms. The number of hydrogen-bond acceptors (Lipinski definition) is 5. The van der Waals surface area contributed by atoms with Gasteiger partial charge in [-0.15, -0.1) is 0 Å². The number of benzene rings is 2. The molecule has 2 aromatic rings. The van der Waals surface area contributed by atoms with E-state index >= 15 is 0 Å². The van der Waals surface area contributed by atoms with E-state index in [0.717, 1.165) is 5.56 Å². The first kappa shape index (κ1) is 18.3. The molecule has 0 unspecified atom stereocenters. The van der Waals surface area contributed by atoms with Crippen LogP contribution in [0.2, 0.25) is 0 Å². The Morgan fingerprint density at radius 1 is 1.12 bits per heavy atom. The smallest absolute Gasteiger partial charge is 0.267 e. The second kappa shape index (κ2) is 8.68. The number of anilines is 1. The predicted octanol–water partition coefficient (Wildman–Crippen LogP) is 3.22. The van der Waals surface area contributed by atoms with Crippen molar-refractivity contribution in [3.63, 3.8) is 0 Å². The Morgan fingerprint density at radius 3 is 2.44 bits per heavy atom. The van der Waals surface area contributed by atoms with Gasteiger partial charge in [0, 0.05) is 11.3 Å². The Kier molecular flexibility index (Phi) is 6.33. The van der Waals surface area contributed by atoms with Crippen LogP contribution in [-0.4, -0.2) is 32.4 Å². The molecule has 0 fully saturated rings. The highest BCUT2D eigenvalue weighted by Crippen LogP contribution is 2.26. The molecule has 0 aliphatic carbocycles. The van der Waals surface area contributed by atoms with Crippen LogP contribution in [0.1, 0.15) is 12.5 Å². The summed E-state index contributed by atoms with van der Waals surface area (Å²) < 4.78 is 23.2. The first-order chi connectivity index (χ1) is 12.0. The lowest BCUT2D eigenvalue weighted by Crippen LogP contribution is -2.26. The molecule has 7 heteroatoms. The second-order valence-electron chi connectivity index (χ2n) is 5.09. The normalized spacial score (nSPS) is 11.8. The van der Waals surface area contributed by atoms with E-state index in [1.165, 1.54) is 37.6 Å². The fraction of sp³-hybridized carbons (Fsp3) is 0.222. The number of nitrogens with one attached hydrogen (secondary N) is 1. The number of carbonyl (C=O) groups is 1. The van der Waals surface area contributed by atoms with E-state index in [9.17, 15) is 9.18 Å². The molecular weight excluding hydrogens is 327 g/mol. The van der Waals surface area contributed by atoms with Gasteiger partial charge in [0.25, 0.3) is 5.91 Å². The Labute approximate surface area is 145 Å². The number of carbonyl (C=O) groups excluding carboxylic acids is 1. The lowest BCUT2D eigenvalue weighted by atomic mass is 10.2. The predicted molar refractivity (Wildman–Crippen MR) is 92.7 cm³/mol. The van der Waals surface area contributed by atoms with Gasteiger partial charge >= 0.3 is 0 Å². The Balaban J connectivity index is 1.92. The lowest BCUT2D eigenvalue weighted by molar-refractivity contribution is -0.126. The third kappa shape index (κ3) is 5.20. The van der Waals surface area contributed by atoms with Crippen LogP contribution in [0.25, 0.3) is 0 Å². The van der Waals surface area contributed by atoms with Crippen molar-refractivity contribution in [3.8, 4) is 11.5 Å². The Hall–Kier alpha value is -3.09. The minimum Gasteiger partial charge on any atom is -0.493 e. The van der Waals surface area contributed by atoms with Crippen molar-refractivity contribution < 1.29 is 23.5 Å². The number of methoxy groups -OCH3 is 2. The SMILES string of the molecule is COc1ccc(/C=N\O[C@@H](C)C(=O)Nc2ccc(F)cc2)cc1OC. The van der Waals surface area contributed by atoms with Gasteiger partial charge in [-0.05, 0) is 49.4 Å². The van der Waals surface area contributed by atoms with Gasteiger partial charge in [0.1, 0.15) is 5.82 Å². The molecule has 0 radical (unpaired) electrons. The minimum atomic E-state index is -0.818. The Bertz CT molecular complexity index is 747. The summed E-state index contributed by atoms with van der Waals surface area (Å²) in [5, 5.41) is 6.42. The third-order valence-electron chi connectivity index (χ3n) is 3.31. The van der Waals surface area contributed by atoms with Gasteiger partial charge in [0.05, 0.1) is 20.4 Å². The van der Waals surface area contributed by atoms with Gasteiger partial charge in [-0.1, -0.05) is 5.16 Å². The van der Waals surface area contributed by atoms with Gasteiger partial charge in [-0.3, -0.25) is 4.79 Å². The van der Waals surface area contributed by atoms with E-state index in [1.807, 2.05) is 0 Å². The van der Waals surface area contributed by atoms with Crippen LogP contribution in [-0.2, 0) is 9.63 Å². The van der Waals surface area contributed by atoms with Gasteiger partial charge in [-0.25, -0.2) is 4.39 Å². The average molecular weight is 346 g/mol. The highest BCUT2D eigenvalue weighted by atomic mass is 19.1. The van der Waals surface area contributed by atoms with Crippen LogP contribution < -0.4 is 14.8 Å². The van der Waals surface area contributed by atoms with E-state index in [4.69, 9.17) is 14.3 Å². The number of ether oxygens (including phenoxy) is 2. The van der Waals surface area contributed by atoms with Crippen molar-refractivity contribution in [2.45, 2.75) is 13.0 Å². The molecule has 2 rings (SSSR count). The van der Waals surface area contributed by atoms with Crippen LogP contribution in [0.15, 0.2) is 47.6 Å². The first-order valence-electron chi connectivity index (χ1n) is 7.51. The van der Waals surface area contributed by atoms with E-state index in [-0.39, 0.29) is 5.82 Å². The van der Waals surface area contributed by atoms with E-state index in [1.54, 1.807) is 32.2 Å². The lowest BCUT2D eigenvalue weighted by Gasteiger charge is -2.10. The molecule has 132 valence electrons. The number of amides is 1. The molecular formula is C18H19FN2O4. The van der Waals surface area contributed by atoms with E-state index in [2.05, 4.69) is 10.5 Å². The fourth-order valence-electron chi connectivity index (χ4n) is 1.94. The summed E-state index contributed by atoms with van der Waals surface area (Å²) in [4.78, 5) is 17.1. The summed E-state index contributed by atoms with van der Waals surface area (Å²) >= 11 is 0. The largest absolute Gasteiger partial charge is 0.493 e. The molecule has 6 nitrogen and oxygen atoms in total. The maximum absolute atomic E-state index is 12.8. The molecule has 0 spiro atoms. The monoisotopic (exact) mass is 346 g/mol. The van der Waals surface area contributed by atoms with Gasteiger partial charge < -0.3 is 19.6 Å². The quantitative estimate of drug-likeness (QED) is 0.617. The number of nitrogens with zero attached hydrogens (tertiary/aromatic N) is 1. The van der Waals surface area contributed by atoms with Crippen molar-refractivity contribution in [2.75, 3.05) is 19.5 Å². The highest BCUT2D eigenvalue weighted by molar-refractivity contribution is 5.93. The standard InChI is InChI=1S/C18H19FN2O4/c1-12(18(22)21-15-7-5-14(19)6-8-15)25-20-11-13-4-9-16(23-2)17(10-13)24-3/h4-12H,1-3H3,(H,21,22)/b20-11-/t12-/m0/s1. The number of rotatable bonds is 7. The van der Waals surface area contributed by atoms with Crippen LogP contribution in [0.3, 0.4) is 0 Å². The molecule has 0 aromatic heterocycles. The summed E-state index contributed by atoms with van der Waals surface area (Å²) in [6, 6.07) is 10.7. The fourth-order valence-corrected chi connectivity index (χ4v) is 1.94. The maximum atomic E-state index is 12.8. The average Bonchev–Trinajstić information content (AvgIpc) is 2.63. The van der Waals surface area contributed by atoms with Crippen molar-refractivity contribution in [3.05, 3.63) is 53.8 Å². The molecule has 0 saturated heterocycles. The summed E-state index contributed by atoms with van der Waals surface area (Å²) in [6.07, 6.45) is 0.644. The van der Waals surface area contributed by atoms with Gasteiger partial charge in [0.15, 0.2) is 11.5 Å². The Morgan fingerprint density at radius 2 is 1.80 bits per heavy atom. The molecule has 0 aliphatic heterocycles. The molecule has 1 amide bonds. The van der Waals surface area contributed by atoms with Crippen LogP contribution >= 0.6 is 0 Å². The zero-order valence-corrected chi connectivity index (χ0v) is 14.2. The molecule has 0 saturated carbocycles. The zero-order chi connectivity index (χ0) is 18.2. The minimum absolute atomic E-state index is 0.373. The summed E-state index contributed by atoms with van der Waals surface area (Å²) in [6.45, 7) is 1.56. The van der Waals surface area contributed by atoms with Crippen molar-refractivity contribution in [2.24, 2.45) is 5.16 Å². The van der Waals surface area contributed by atoms with Gasteiger partial charge in [0.2, 0.25) is 6.10 Å². The van der Waals surface area contributed by atoms with Crippen LogP contribution in [0.5, 0.6) is 11.5 Å². The van der Waals surface area contributed by atoms with Crippen LogP contribution in [0.4, 0.5) is 10.1 Å². The van der Waals surface area contributed by atoms with Crippen molar-refractivity contribution in [1.29, 1.82) is 0 Å². The highest BCUT2D eigenvalue weighted by Gasteiger charge is 2.14. The number of halogens is 1. The summed E-state index contributed by atoms with van der Waals surface area (Å²) in [5.41, 5.74) is 1.20. The topological polar surface area (TPSA) is 69.2 Å². The second-order valence-corrected chi connectivity index (χ2v) is 5.09. The molecule has 1 N–H and O–H groups in total. The number of hydrogen-bond donors (Lipinski definition) is 1. The summed E-state index contributed by atoms with van der Waals surface area (Å²) in [5.74, 6) is 0.402.